The van der Waals surface area contributed by atoms with Crippen LogP contribution in [0.2, 0.25) is 0 Å². The average Bonchev–Trinajstić information content (AvgIpc) is 2.91. The molecule has 0 aliphatic carbocycles. The first-order valence-corrected chi connectivity index (χ1v) is 7.54. The summed E-state index contributed by atoms with van der Waals surface area (Å²) in [5, 5.41) is 7.51. The lowest BCUT2D eigenvalue weighted by atomic mass is 10.2. The van der Waals surface area contributed by atoms with Gasteiger partial charge < -0.3 is 10.2 Å². The molecule has 0 atom stereocenters. The zero-order chi connectivity index (χ0) is 13.7. The SMILES string of the molecule is CCc1cc(CNC)cc(N(C)Cc2ccsc2)n1. The van der Waals surface area contributed by atoms with E-state index in [1.807, 2.05) is 7.05 Å². The Morgan fingerprint density at radius 1 is 1.32 bits per heavy atom. The molecule has 2 heterocycles. The van der Waals surface area contributed by atoms with Crippen LogP contribution < -0.4 is 10.2 Å². The molecular formula is C15H21N3S. The Morgan fingerprint density at radius 2 is 2.16 bits per heavy atom. The van der Waals surface area contributed by atoms with Crippen LogP contribution in [0.15, 0.2) is 29.0 Å². The number of hydrogen-bond acceptors (Lipinski definition) is 4. The van der Waals surface area contributed by atoms with Crippen LogP contribution in [0.3, 0.4) is 0 Å². The maximum Gasteiger partial charge on any atom is 0.129 e. The summed E-state index contributed by atoms with van der Waals surface area (Å²) in [4.78, 5) is 6.92. The molecule has 4 heteroatoms. The number of nitrogens with one attached hydrogen (secondary N) is 1. The van der Waals surface area contributed by atoms with Crippen LogP contribution in [0.1, 0.15) is 23.7 Å². The smallest absolute Gasteiger partial charge is 0.129 e. The fourth-order valence-electron chi connectivity index (χ4n) is 2.05. The van der Waals surface area contributed by atoms with Gasteiger partial charge in [0.2, 0.25) is 0 Å². The summed E-state index contributed by atoms with van der Waals surface area (Å²) in [6.45, 7) is 3.94. The highest BCUT2D eigenvalue weighted by molar-refractivity contribution is 7.07. The molecule has 3 nitrogen and oxygen atoms in total. The van der Waals surface area contributed by atoms with Crippen molar-refractivity contribution in [1.29, 1.82) is 0 Å². The van der Waals surface area contributed by atoms with Gasteiger partial charge in [0.15, 0.2) is 0 Å². The lowest BCUT2D eigenvalue weighted by molar-refractivity contribution is 0.805. The first kappa shape index (κ1) is 14.0. The minimum atomic E-state index is 0.884. The van der Waals surface area contributed by atoms with Gasteiger partial charge in [-0.15, -0.1) is 0 Å². The monoisotopic (exact) mass is 275 g/mol. The van der Waals surface area contributed by atoms with Gasteiger partial charge in [0.1, 0.15) is 5.82 Å². The summed E-state index contributed by atoms with van der Waals surface area (Å²) in [5.74, 6) is 1.05. The van der Waals surface area contributed by atoms with Gasteiger partial charge in [0, 0.05) is 25.8 Å². The van der Waals surface area contributed by atoms with Crippen molar-refractivity contribution >= 4 is 17.2 Å². The predicted octanol–water partition coefficient (Wildman–Crippen LogP) is 3.06. The number of anilines is 1. The molecule has 2 aromatic heterocycles. The molecule has 0 fully saturated rings. The van der Waals surface area contributed by atoms with Gasteiger partial charge in [-0.25, -0.2) is 4.98 Å². The van der Waals surface area contributed by atoms with E-state index in [0.29, 0.717) is 0 Å². The lowest BCUT2D eigenvalue weighted by Crippen LogP contribution is -2.18. The molecule has 0 aromatic carbocycles. The minimum absolute atomic E-state index is 0.884. The van der Waals surface area contributed by atoms with Gasteiger partial charge in [-0.2, -0.15) is 11.3 Å². The number of pyridine rings is 1. The predicted molar refractivity (Wildman–Crippen MR) is 82.8 cm³/mol. The number of aromatic nitrogens is 1. The molecule has 0 aliphatic heterocycles. The topological polar surface area (TPSA) is 28.2 Å². The Balaban J connectivity index is 2.19. The molecule has 0 saturated carbocycles. The van der Waals surface area contributed by atoms with Crippen LogP contribution in [0.4, 0.5) is 5.82 Å². The number of hydrogen-bond donors (Lipinski definition) is 1. The van der Waals surface area contributed by atoms with Crippen LogP contribution >= 0.6 is 11.3 Å². The number of rotatable bonds is 6. The second kappa shape index (κ2) is 6.68. The second-order valence-corrected chi connectivity index (χ2v) is 5.48. The lowest BCUT2D eigenvalue weighted by Gasteiger charge is -2.19. The maximum atomic E-state index is 4.72. The van der Waals surface area contributed by atoms with Crippen molar-refractivity contribution in [2.75, 3.05) is 19.0 Å². The molecule has 1 N–H and O–H groups in total. The molecule has 0 spiro atoms. The van der Waals surface area contributed by atoms with Gasteiger partial charge in [0.05, 0.1) is 0 Å². The summed E-state index contributed by atoms with van der Waals surface area (Å²) in [6.07, 6.45) is 0.969. The van der Waals surface area contributed by atoms with Crippen LogP contribution in [-0.4, -0.2) is 19.1 Å². The summed E-state index contributed by atoms with van der Waals surface area (Å²) >= 11 is 1.74. The summed E-state index contributed by atoms with van der Waals surface area (Å²) < 4.78 is 0. The summed E-state index contributed by atoms with van der Waals surface area (Å²) in [5.41, 5.74) is 3.79. The molecule has 0 radical (unpaired) electrons. The van der Waals surface area contributed by atoms with E-state index in [0.717, 1.165) is 31.0 Å². The van der Waals surface area contributed by atoms with Crippen molar-refractivity contribution < 1.29 is 0 Å². The van der Waals surface area contributed by atoms with Crippen molar-refractivity contribution in [2.24, 2.45) is 0 Å². The van der Waals surface area contributed by atoms with Crippen molar-refractivity contribution in [3.63, 3.8) is 0 Å². The normalized spacial score (nSPS) is 10.7. The Bertz CT molecular complexity index is 508. The Hall–Kier alpha value is -1.39. The molecule has 0 unspecified atom stereocenters. The molecular weight excluding hydrogens is 254 g/mol. The number of aryl methyl sites for hydroxylation is 1. The molecule has 102 valence electrons. The third-order valence-corrected chi connectivity index (χ3v) is 3.79. The summed E-state index contributed by atoms with van der Waals surface area (Å²) in [6, 6.07) is 6.51. The third kappa shape index (κ3) is 3.78. The van der Waals surface area contributed by atoms with E-state index in [1.165, 1.54) is 11.1 Å². The van der Waals surface area contributed by atoms with Crippen molar-refractivity contribution in [2.45, 2.75) is 26.4 Å². The minimum Gasteiger partial charge on any atom is -0.355 e. The first-order valence-electron chi connectivity index (χ1n) is 6.59. The molecule has 0 aliphatic rings. The average molecular weight is 275 g/mol. The molecule has 0 bridgehead atoms. The molecule has 2 aromatic rings. The van der Waals surface area contributed by atoms with E-state index in [1.54, 1.807) is 11.3 Å². The van der Waals surface area contributed by atoms with E-state index in [2.05, 4.69) is 53.1 Å². The first-order chi connectivity index (χ1) is 9.22. The Morgan fingerprint density at radius 3 is 2.79 bits per heavy atom. The van der Waals surface area contributed by atoms with Crippen LogP contribution in [0.5, 0.6) is 0 Å². The van der Waals surface area contributed by atoms with E-state index in [-0.39, 0.29) is 0 Å². The highest BCUT2D eigenvalue weighted by Gasteiger charge is 2.07. The van der Waals surface area contributed by atoms with E-state index < -0.39 is 0 Å². The zero-order valence-electron chi connectivity index (χ0n) is 11.8. The highest BCUT2D eigenvalue weighted by atomic mass is 32.1. The van der Waals surface area contributed by atoms with Gasteiger partial charge in [-0.05, 0) is 53.6 Å². The van der Waals surface area contributed by atoms with E-state index in [4.69, 9.17) is 4.98 Å². The van der Waals surface area contributed by atoms with Crippen LogP contribution in [0, 0.1) is 0 Å². The maximum absolute atomic E-state index is 4.72. The molecule has 0 saturated heterocycles. The fourth-order valence-corrected chi connectivity index (χ4v) is 2.71. The van der Waals surface area contributed by atoms with Crippen LogP contribution in [0.25, 0.3) is 0 Å². The highest BCUT2D eigenvalue weighted by Crippen LogP contribution is 2.18. The Labute approximate surface area is 119 Å². The quantitative estimate of drug-likeness (QED) is 0.878. The summed E-state index contributed by atoms with van der Waals surface area (Å²) in [7, 11) is 4.07. The van der Waals surface area contributed by atoms with Gasteiger partial charge in [-0.3, -0.25) is 0 Å². The van der Waals surface area contributed by atoms with Crippen LogP contribution in [-0.2, 0) is 19.5 Å². The van der Waals surface area contributed by atoms with Gasteiger partial charge in [-0.1, -0.05) is 6.92 Å². The number of nitrogens with zero attached hydrogens (tertiary/aromatic N) is 2. The standard InChI is InChI=1S/C15H21N3S/c1-4-14-7-13(9-16-2)8-15(17-14)18(3)10-12-5-6-19-11-12/h5-8,11,16H,4,9-10H2,1-3H3. The van der Waals surface area contributed by atoms with Crippen molar-refractivity contribution in [3.05, 3.63) is 45.8 Å². The molecule has 19 heavy (non-hydrogen) atoms. The van der Waals surface area contributed by atoms with Crippen molar-refractivity contribution in [3.8, 4) is 0 Å². The van der Waals surface area contributed by atoms with Crippen molar-refractivity contribution in [1.82, 2.24) is 10.3 Å². The van der Waals surface area contributed by atoms with Gasteiger partial charge in [0.25, 0.3) is 0 Å². The zero-order valence-corrected chi connectivity index (χ0v) is 12.6. The largest absolute Gasteiger partial charge is 0.355 e. The molecule has 2 rings (SSSR count). The fraction of sp³-hybridized carbons (Fsp3) is 0.400. The second-order valence-electron chi connectivity index (χ2n) is 4.70. The third-order valence-electron chi connectivity index (χ3n) is 3.06. The Kier molecular flexibility index (Phi) is 4.93. The number of thiophene rings is 1. The van der Waals surface area contributed by atoms with E-state index in [9.17, 15) is 0 Å². The van der Waals surface area contributed by atoms with Gasteiger partial charge >= 0.3 is 0 Å². The van der Waals surface area contributed by atoms with E-state index >= 15 is 0 Å². The molecule has 0 amide bonds.